The Morgan fingerprint density at radius 3 is 2.28 bits per heavy atom. The fourth-order valence-corrected chi connectivity index (χ4v) is 2.15. The fourth-order valence-electron chi connectivity index (χ4n) is 2.15. The van der Waals surface area contributed by atoms with E-state index in [1.807, 2.05) is 38.1 Å². The lowest BCUT2D eigenvalue weighted by Crippen LogP contribution is -2.13. The van der Waals surface area contributed by atoms with Crippen molar-refractivity contribution in [3.05, 3.63) is 69.1 Å². The Hall–Kier alpha value is -1.87. The van der Waals surface area contributed by atoms with Gasteiger partial charge in [0.2, 0.25) is 0 Å². The van der Waals surface area contributed by atoms with Gasteiger partial charge in [0.15, 0.2) is 5.43 Å². The molecule has 0 atom stereocenters. The summed E-state index contributed by atoms with van der Waals surface area (Å²) in [4.78, 5) is 11.4. The van der Waals surface area contributed by atoms with E-state index in [4.69, 9.17) is 5.11 Å². The zero-order valence-corrected chi connectivity index (χ0v) is 10.7. The molecule has 0 bridgehead atoms. The van der Waals surface area contributed by atoms with Gasteiger partial charge < -0.3 is 9.67 Å². The molecule has 0 fully saturated rings. The molecule has 0 spiro atoms. The number of nitrogens with zero attached hydrogens (tertiary/aromatic N) is 1. The van der Waals surface area contributed by atoms with Crippen LogP contribution in [0.15, 0.2) is 41.2 Å². The van der Waals surface area contributed by atoms with Crippen molar-refractivity contribution in [2.24, 2.45) is 0 Å². The van der Waals surface area contributed by atoms with E-state index < -0.39 is 0 Å². The van der Waals surface area contributed by atoms with Crippen LogP contribution in [0.4, 0.5) is 0 Å². The van der Waals surface area contributed by atoms with Crippen molar-refractivity contribution in [3.8, 4) is 0 Å². The molecule has 1 aromatic heterocycles. The highest BCUT2D eigenvalue weighted by Gasteiger charge is 2.03. The van der Waals surface area contributed by atoms with Crippen molar-refractivity contribution >= 4 is 0 Å². The van der Waals surface area contributed by atoms with Crippen LogP contribution in [0.1, 0.15) is 22.5 Å². The van der Waals surface area contributed by atoms with Gasteiger partial charge >= 0.3 is 0 Å². The molecule has 0 radical (unpaired) electrons. The molecule has 0 unspecified atom stereocenters. The lowest BCUT2D eigenvalue weighted by atomic mass is 10.1. The van der Waals surface area contributed by atoms with Gasteiger partial charge in [-0.05, 0) is 25.0 Å². The van der Waals surface area contributed by atoms with Crippen molar-refractivity contribution in [1.29, 1.82) is 0 Å². The summed E-state index contributed by atoms with van der Waals surface area (Å²) in [7, 11) is 0. The zero-order chi connectivity index (χ0) is 13.1. The molecule has 1 N–H and O–H groups in total. The predicted octanol–water partition coefficient (Wildman–Crippen LogP) is 2.01. The lowest BCUT2D eigenvalue weighted by molar-refractivity contribution is 0.281. The summed E-state index contributed by atoms with van der Waals surface area (Å²) in [5.41, 5.74) is 3.98. The molecule has 3 heteroatoms. The van der Waals surface area contributed by atoms with Crippen LogP contribution in [0.2, 0.25) is 0 Å². The molecular formula is C15H17NO2. The summed E-state index contributed by atoms with van der Waals surface area (Å²) < 4.78 is 2.10. The van der Waals surface area contributed by atoms with Crippen LogP contribution in [-0.2, 0) is 13.2 Å². The van der Waals surface area contributed by atoms with Crippen LogP contribution in [0.3, 0.4) is 0 Å². The molecule has 0 aliphatic heterocycles. The number of aromatic nitrogens is 1. The second-order valence-electron chi connectivity index (χ2n) is 4.54. The number of aryl methyl sites for hydroxylation is 2. The van der Waals surface area contributed by atoms with Gasteiger partial charge in [-0.25, -0.2) is 0 Å². The van der Waals surface area contributed by atoms with Gasteiger partial charge in [0.25, 0.3) is 0 Å². The molecule has 1 aromatic carbocycles. The second kappa shape index (κ2) is 5.19. The third-order valence-electron chi connectivity index (χ3n) is 3.07. The van der Waals surface area contributed by atoms with Crippen molar-refractivity contribution in [1.82, 2.24) is 4.57 Å². The van der Waals surface area contributed by atoms with Crippen LogP contribution in [0.5, 0.6) is 0 Å². The average Bonchev–Trinajstić information content (AvgIpc) is 2.34. The Bertz CT molecular complexity index is 588. The molecule has 0 saturated carbocycles. The maximum atomic E-state index is 11.4. The van der Waals surface area contributed by atoms with E-state index in [0.29, 0.717) is 6.54 Å². The smallest absolute Gasteiger partial charge is 0.182 e. The Morgan fingerprint density at radius 2 is 1.67 bits per heavy atom. The Balaban J connectivity index is 2.36. The largest absolute Gasteiger partial charge is 0.392 e. The molecule has 0 aliphatic carbocycles. The Labute approximate surface area is 106 Å². The van der Waals surface area contributed by atoms with Crippen LogP contribution in [0.25, 0.3) is 0 Å². The average molecular weight is 243 g/mol. The molecule has 0 amide bonds. The first-order valence-electron chi connectivity index (χ1n) is 5.97. The van der Waals surface area contributed by atoms with E-state index in [1.54, 1.807) is 12.1 Å². The Kier molecular flexibility index (Phi) is 3.63. The van der Waals surface area contributed by atoms with Crippen LogP contribution in [0, 0.1) is 13.8 Å². The van der Waals surface area contributed by atoms with Gasteiger partial charge in [-0.2, -0.15) is 0 Å². The summed E-state index contributed by atoms with van der Waals surface area (Å²) in [5, 5.41) is 9.13. The van der Waals surface area contributed by atoms with Crippen LogP contribution >= 0.6 is 0 Å². The van der Waals surface area contributed by atoms with Gasteiger partial charge in [0.05, 0.1) is 6.61 Å². The summed E-state index contributed by atoms with van der Waals surface area (Å²) in [6.07, 6.45) is 0. The number of hydrogen-bond donors (Lipinski definition) is 1. The third-order valence-corrected chi connectivity index (χ3v) is 3.07. The number of aliphatic hydroxyl groups excluding tert-OH is 1. The fraction of sp³-hybridized carbons (Fsp3) is 0.267. The van der Waals surface area contributed by atoms with Crippen molar-refractivity contribution < 1.29 is 5.11 Å². The van der Waals surface area contributed by atoms with Crippen LogP contribution in [-0.4, -0.2) is 9.67 Å². The summed E-state index contributed by atoms with van der Waals surface area (Å²) in [6.45, 7) is 4.64. The highest BCUT2D eigenvalue weighted by atomic mass is 16.3. The third kappa shape index (κ3) is 2.68. The second-order valence-corrected chi connectivity index (χ2v) is 4.54. The van der Waals surface area contributed by atoms with Crippen molar-refractivity contribution in [2.75, 3.05) is 0 Å². The van der Waals surface area contributed by atoms with E-state index in [2.05, 4.69) is 4.57 Å². The first-order valence-corrected chi connectivity index (χ1v) is 5.97. The monoisotopic (exact) mass is 243 g/mol. The van der Waals surface area contributed by atoms with Crippen molar-refractivity contribution in [2.45, 2.75) is 27.0 Å². The van der Waals surface area contributed by atoms with Crippen LogP contribution < -0.4 is 5.43 Å². The van der Waals surface area contributed by atoms with Gasteiger partial charge in [-0.1, -0.05) is 24.3 Å². The van der Waals surface area contributed by atoms with Crippen molar-refractivity contribution in [3.63, 3.8) is 0 Å². The number of rotatable bonds is 3. The standard InChI is InChI=1S/C15H17NO2/c1-11-6-15(18)7-12(2)16(11)9-13-4-3-5-14(8-13)10-17/h3-8,17H,9-10H2,1-2H3. The molecular weight excluding hydrogens is 226 g/mol. The van der Waals surface area contributed by atoms with E-state index in [-0.39, 0.29) is 12.0 Å². The quantitative estimate of drug-likeness (QED) is 0.896. The van der Waals surface area contributed by atoms with Gasteiger partial charge in [0, 0.05) is 30.1 Å². The van der Waals surface area contributed by atoms with Gasteiger partial charge in [0.1, 0.15) is 0 Å². The predicted molar refractivity (Wildman–Crippen MR) is 71.6 cm³/mol. The molecule has 0 aliphatic rings. The summed E-state index contributed by atoms with van der Waals surface area (Å²) in [6, 6.07) is 11.1. The molecule has 2 rings (SSSR count). The molecule has 18 heavy (non-hydrogen) atoms. The summed E-state index contributed by atoms with van der Waals surface area (Å²) in [5.74, 6) is 0. The number of pyridine rings is 1. The minimum absolute atomic E-state index is 0.0466. The summed E-state index contributed by atoms with van der Waals surface area (Å²) >= 11 is 0. The number of benzene rings is 1. The molecule has 1 heterocycles. The van der Waals surface area contributed by atoms with E-state index >= 15 is 0 Å². The minimum Gasteiger partial charge on any atom is -0.392 e. The topological polar surface area (TPSA) is 42.2 Å². The highest BCUT2D eigenvalue weighted by Crippen LogP contribution is 2.10. The SMILES string of the molecule is Cc1cc(=O)cc(C)n1Cc1cccc(CO)c1. The number of hydrogen-bond acceptors (Lipinski definition) is 2. The Morgan fingerprint density at radius 1 is 1.06 bits per heavy atom. The maximum Gasteiger partial charge on any atom is 0.182 e. The minimum atomic E-state index is 0.0466. The first-order chi connectivity index (χ1) is 8.60. The first kappa shape index (κ1) is 12.6. The highest BCUT2D eigenvalue weighted by molar-refractivity contribution is 5.24. The van der Waals surface area contributed by atoms with E-state index in [9.17, 15) is 4.79 Å². The van der Waals surface area contributed by atoms with E-state index in [0.717, 1.165) is 22.5 Å². The zero-order valence-electron chi connectivity index (χ0n) is 10.7. The normalized spacial score (nSPS) is 10.6. The van der Waals surface area contributed by atoms with Gasteiger partial charge in [-0.3, -0.25) is 4.79 Å². The molecule has 2 aromatic rings. The van der Waals surface area contributed by atoms with E-state index in [1.165, 1.54) is 0 Å². The molecule has 94 valence electrons. The molecule has 0 saturated heterocycles. The lowest BCUT2D eigenvalue weighted by Gasteiger charge is -2.14. The molecule has 3 nitrogen and oxygen atoms in total. The maximum absolute atomic E-state index is 11.4. The van der Waals surface area contributed by atoms with Gasteiger partial charge in [-0.15, -0.1) is 0 Å². The number of aliphatic hydroxyl groups is 1.